The molecule has 1 aliphatic heterocycles. The normalized spacial score (nSPS) is 13.3. The van der Waals surface area contributed by atoms with Crippen molar-refractivity contribution in [3.05, 3.63) is 39.8 Å². The largest absolute Gasteiger partial charge is 0.453 e. The number of aromatic nitrogens is 1. The lowest BCUT2D eigenvalue weighted by Crippen LogP contribution is -2.35. The van der Waals surface area contributed by atoms with Gasteiger partial charge in [-0.25, -0.2) is 9.78 Å². The Labute approximate surface area is 137 Å². The number of nitrogens with one attached hydrogen (secondary N) is 1. The van der Waals surface area contributed by atoms with E-state index in [0.717, 1.165) is 10.6 Å². The molecule has 1 aliphatic rings. The van der Waals surface area contributed by atoms with Gasteiger partial charge in [0.25, 0.3) is 5.91 Å². The van der Waals surface area contributed by atoms with Gasteiger partial charge in [-0.1, -0.05) is 12.1 Å². The smallest absolute Gasteiger partial charge is 0.409 e. The van der Waals surface area contributed by atoms with Gasteiger partial charge in [-0.15, -0.1) is 11.3 Å². The summed E-state index contributed by atoms with van der Waals surface area (Å²) in [6.07, 6.45) is 0.244. The van der Waals surface area contributed by atoms with Gasteiger partial charge in [-0.2, -0.15) is 0 Å². The fourth-order valence-electron chi connectivity index (χ4n) is 2.36. The molecule has 1 aromatic carbocycles. The van der Waals surface area contributed by atoms with Gasteiger partial charge < -0.3 is 20.7 Å². The van der Waals surface area contributed by atoms with E-state index in [-0.39, 0.29) is 12.0 Å². The summed E-state index contributed by atoms with van der Waals surface area (Å²) in [5.74, 6) is -0.299. The van der Waals surface area contributed by atoms with Crippen molar-refractivity contribution in [1.29, 1.82) is 0 Å². The van der Waals surface area contributed by atoms with Crippen molar-refractivity contribution in [3.63, 3.8) is 0 Å². The van der Waals surface area contributed by atoms with Gasteiger partial charge in [0.1, 0.15) is 0 Å². The zero-order valence-corrected chi connectivity index (χ0v) is 13.4. The Bertz CT molecular complexity index is 759. The van der Waals surface area contributed by atoms with Crippen molar-refractivity contribution in [2.24, 2.45) is 0 Å². The van der Waals surface area contributed by atoms with Crippen LogP contribution in [0, 0.1) is 0 Å². The molecule has 0 atom stereocenters. The van der Waals surface area contributed by atoms with Crippen LogP contribution in [-0.4, -0.2) is 35.5 Å². The first-order valence-electron chi connectivity index (χ1n) is 7.06. The van der Waals surface area contributed by atoms with E-state index in [0.29, 0.717) is 35.9 Å². The highest BCUT2D eigenvalue weighted by molar-refractivity contribution is 7.13. The molecule has 2 aromatic rings. The second-order valence-corrected chi connectivity index (χ2v) is 6.16. The summed E-state index contributed by atoms with van der Waals surface area (Å²) in [5, 5.41) is 3.13. The number of nitrogen functional groups attached to an aromatic ring is 1. The zero-order chi connectivity index (χ0) is 16.4. The third kappa shape index (κ3) is 3.11. The number of rotatable bonds is 2. The Balaban J connectivity index is 1.76. The van der Waals surface area contributed by atoms with Gasteiger partial charge in [-0.3, -0.25) is 4.79 Å². The van der Waals surface area contributed by atoms with Crippen LogP contribution < -0.4 is 11.1 Å². The van der Waals surface area contributed by atoms with Crippen LogP contribution in [0.3, 0.4) is 0 Å². The summed E-state index contributed by atoms with van der Waals surface area (Å²) >= 11 is 1.29. The molecule has 2 amide bonds. The molecule has 0 radical (unpaired) electrons. The Morgan fingerprint density at radius 2 is 2.17 bits per heavy atom. The molecule has 0 spiro atoms. The van der Waals surface area contributed by atoms with E-state index in [4.69, 9.17) is 10.5 Å². The topological polar surface area (TPSA) is 97.5 Å². The monoisotopic (exact) mass is 332 g/mol. The fourth-order valence-corrected chi connectivity index (χ4v) is 3.38. The zero-order valence-electron chi connectivity index (χ0n) is 12.5. The predicted octanol–water partition coefficient (Wildman–Crippen LogP) is 2.10. The van der Waals surface area contributed by atoms with E-state index in [1.165, 1.54) is 18.4 Å². The number of benzene rings is 1. The average molecular weight is 332 g/mol. The van der Waals surface area contributed by atoms with E-state index < -0.39 is 0 Å². The number of carbonyl (C=O) groups is 2. The van der Waals surface area contributed by atoms with Gasteiger partial charge >= 0.3 is 6.09 Å². The molecule has 120 valence electrons. The molecule has 0 unspecified atom stereocenters. The molecule has 0 bridgehead atoms. The number of carbonyl (C=O) groups excluding carboxylic acids is 2. The molecule has 8 heteroatoms. The molecule has 1 aromatic heterocycles. The molecule has 0 saturated carbocycles. The van der Waals surface area contributed by atoms with E-state index >= 15 is 0 Å². The van der Waals surface area contributed by atoms with Gasteiger partial charge in [0.15, 0.2) is 5.01 Å². The molecular formula is C15H16N4O3S. The maximum absolute atomic E-state index is 12.3. The second kappa shape index (κ2) is 6.25. The lowest BCUT2D eigenvalue weighted by atomic mass is 10.2. The number of methoxy groups -OCH3 is 1. The van der Waals surface area contributed by atoms with Crippen LogP contribution in [0.4, 0.5) is 16.2 Å². The van der Waals surface area contributed by atoms with Crippen molar-refractivity contribution in [2.45, 2.75) is 13.0 Å². The number of fused-ring (bicyclic) bond motifs is 1. The number of hydrogen-bond acceptors (Lipinski definition) is 6. The first-order valence-corrected chi connectivity index (χ1v) is 7.87. The first kappa shape index (κ1) is 15.3. The number of thiazole rings is 1. The maximum Gasteiger partial charge on any atom is 0.409 e. The number of ether oxygens (including phenoxy) is 1. The Morgan fingerprint density at radius 1 is 1.39 bits per heavy atom. The third-order valence-corrected chi connectivity index (χ3v) is 4.65. The third-order valence-electron chi connectivity index (χ3n) is 3.57. The van der Waals surface area contributed by atoms with Crippen molar-refractivity contribution >= 4 is 34.7 Å². The van der Waals surface area contributed by atoms with Gasteiger partial charge in [-0.05, 0) is 12.1 Å². The summed E-state index contributed by atoms with van der Waals surface area (Å²) < 4.78 is 4.73. The number of amides is 2. The number of anilines is 2. The highest BCUT2D eigenvalue weighted by Crippen LogP contribution is 2.26. The van der Waals surface area contributed by atoms with E-state index in [9.17, 15) is 9.59 Å². The van der Waals surface area contributed by atoms with Crippen LogP contribution in [0.5, 0.6) is 0 Å². The van der Waals surface area contributed by atoms with Crippen molar-refractivity contribution in [3.8, 4) is 0 Å². The number of para-hydroxylation sites is 2. The average Bonchev–Trinajstić information content (AvgIpc) is 2.99. The van der Waals surface area contributed by atoms with Crippen LogP contribution in [0.1, 0.15) is 20.4 Å². The summed E-state index contributed by atoms with van der Waals surface area (Å²) in [4.78, 5) is 30.8. The Morgan fingerprint density at radius 3 is 2.91 bits per heavy atom. The first-order chi connectivity index (χ1) is 11.1. The summed E-state index contributed by atoms with van der Waals surface area (Å²) in [6.45, 7) is 0.955. The van der Waals surface area contributed by atoms with E-state index in [2.05, 4.69) is 10.3 Å². The minimum absolute atomic E-state index is 0.299. The van der Waals surface area contributed by atoms with Crippen LogP contribution >= 0.6 is 11.3 Å². The summed E-state index contributed by atoms with van der Waals surface area (Å²) in [5.41, 5.74) is 7.74. The molecule has 2 heterocycles. The quantitative estimate of drug-likeness (QED) is 0.821. The van der Waals surface area contributed by atoms with Crippen molar-refractivity contribution < 1.29 is 14.3 Å². The van der Waals surface area contributed by atoms with Crippen LogP contribution in [0.15, 0.2) is 24.3 Å². The molecule has 3 N–H and O–H groups in total. The maximum atomic E-state index is 12.3. The molecule has 0 saturated heterocycles. The van der Waals surface area contributed by atoms with E-state index in [1.807, 2.05) is 0 Å². The van der Waals surface area contributed by atoms with E-state index in [1.54, 1.807) is 29.2 Å². The molecule has 0 fully saturated rings. The predicted molar refractivity (Wildman–Crippen MR) is 87.4 cm³/mol. The number of nitrogens with zero attached hydrogens (tertiary/aromatic N) is 2. The minimum Gasteiger partial charge on any atom is -0.453 e. The molecule has 0 aliphatic carbocycles. The Kier molecular flexibility index (Phi) is 4.16. The van der Waals surface area contributed by atoms with Crippen molar-refractivity contribution in [1.82, 2.24) is 9.88 Å². The Hall–Kier alpha value is -2.61. The fraction of sp³-hybridized carbons (Fsp3) is 0.267. The standard InChI is InChI=1S/C15H16N4O3S/c1-22-15(21)19-7-6-11-12(8-19)23-14(18-11)13(20)17-10-5-3-2-4-9(10)16/h2-5H,6-8,16H2,1H3,(H,17,20). The van der Waals surface area contributed by atoms with Crippen LogP contribution in [0.2, 0.25) is 0 Å². The van der Waals surface area contributed by atoms with Gasteiger partial charge in [0.05, 0.1) is 30.7 Å². The SMILES string of the molecule is COC(=O)N1CCc2nc(C(=O)Nc3ccccc3N)sc2C1. The van der Waals surface area contributed by atoms with Crippen molar-refractivity contribution in [2.75, 3.05) is 24.7 Å². The second-order valence-electron chi connectivity index (χ2n) is 5.07. The number of nitrogens with two attached hydrogens (primary N) is 1. The molecule has 23 heavy (non-hydrogen) atoms. The minimum atomic E-state index is -0.368. The highest BCUT2D eigenvalue weighted by atomic mass is 32.1. The summed E-state index contributed by atoms with van der Waals surface area (Å²) in [7, 11) is 1.35. The lowest BCUT2D eigenvalue weighted by molar-refractivity contribution is 0.102. The lowest BCUT2D eigenvalue weighted by Gasteiger charge is -2.24. The molecule has 7 nitrogen and oxygen atoms in total. The van der Waals surface area contributed by atoms with Gasteiger partial charge in [0.2, 0.25) is 0 Å². The molecular weight excluding hydrogens is 316 g/mol. The van der Waals surface area contributed by atoms with Gasteiger partial charge in [0, 0.05) is 17.8 Å². The summed E-state index contributed by atoms with van der Waals surface area (Å²) in [6, 6.07) is 7.05. The molecule has 3 rings (SSSR count). The number of hydrogen-bond donors (Lipinski definition) is 2. The highest BCUT2D eigenvalue weighted by Gasteiger charge is 2.26. The van der Waals surface area contributed by atoms with Crippen LogP contribution in [-0.2, 0) is 17.7 Å². The van der Waals surface area contributed by atoms with Crippen LogP contribution in [0.25, 0.3) is 0 Å².